The molecule has 0 N–H and O–H groups in total. The van der Waals surface area contributed by atoms with E-state index < -0.39 is 31.6 Å². The van der Waals surface area contributed by atoms with Crippen LogP contribution in [0.3, 0.4) is 0 Å². The number of sulfonamides is 1. The number of thiazole rings is 1. The lowest BCUT2D eigenvalue weighted by Crippen LogP contribution is -2.42. The third kappa shape index (κ3) is 5.56. The molecule has 34 heavy (non-hydrogen) atoms. The minimum absolute atomic E-state index is 0.215. The molecule has 1 aromatic heterocycles. The van der Waals surface area contributed by atoms with Crippen LogP contribution in [0, 0.1) is 11.6 Å². The van der Waals surface area contributed by atoms with Gasteiger partial charge in [-0.05, 0) is 36.0 Å². The summed E-state index contributed by atoms with van der Waals surface area (Å²) in [7, 11) is -1.60. The number of hydrogen-bond donors (Lipinski definition) is 0. The molecule has 0 radical (unpaired) electrons. The Bertz CT molecular complexity index is 1290. The van der Waals surface area contributed by atoms with Crippen molar-refractivity contribution in [2.24, 2.45) is 0 Å². The van der Waals surface area contributed by atoms with Crippen molar-refractivity contribution in [2.75, 3.05) is 18.5 Å². The Morgan fingerprint density at radius 1 is 1.09 bits per heavy atom. The molecule has 6 nitrogen and oxygen atoms in total. The smallest absolute Gasteiger partial charge is 0.353 e. The average Bonchev–Trinajstić information content (AvgIpc) is 3.17. The van der Waals surface area contributed by atoms with E-state index in [1.54, 1.807) is 29.0 Å². The SMILES string of the molecule is CCCC[n+]1cc(Cl)sc1N(Cc1ccc(OC)cc1OC)S(=O)(=O)c1cc(Cl)c(F)cc1F. The number of aryl methyl sites for hydroxylation is 1. The summed E-state index contributed by atoms with van der Waals surface area (Å²) in [6.45, 7) is 2.28. The number of anilines is 1. The molecule has 0 aliphatic heterocycles. The molecule has 2 aromatic carbocycles. The van der Waals surface area contributed by atoms with E-state index in [1.807, 2.05) is 6.92 Å². The maximum Gasteiger partial charge on any atom is 0.353 e. The molecule has 0 fully saturated rings. The summed E-state index contributed by atoms with van der Waals surface area (Å²) in [5.74, 6) is -1.42. The highest BCUT2D eigenvalue weighted by molar-refractivity contribution is 7.93. The minimum Gasteiger partial charge on any atom is -0.497 e. The zero-order chi connectivity index (χ0) is 25.0. The maximum atomic E-state index is 14.7. The maximum absolute atomic E-state index is 14.7. The van der Waals surface area contributed by atoms with Crippen LogP contribution in [0.4, 0.5) is 13.9 Å². The lowest BCUT2D eigenvalue weighted by atomic mass is 10.2. The van der Waals surface area contributed by atoms with Gasteiger partial charge in [-0.15, -0.1) is 4.31 Å². The van der Waals surface area contributed by atoms with Crippen molar-refractivity contribution < 1.29 is 31.2 Å². The van der Waals surface area contributed by atoms with Crippen molar-refractivity contribution in [3.63, 3.8) is 0 Å². The standard InChI is InChI=1S/C22H23Cl2F2N2O4S2/c1-4-5-8-27-13-21(24)33-22(27)28(12-14-6-7-15(31-2)9-19(14)32-3)34(29,30)20-10-16(23)17(25)11-18(20)26/h6-7,9-11,13H,4-5,8,12H2,1-3H3/q+1. The monoisotopic (exact) mass is 551 g/mol. The van der Waals surface area contributed by atoms with Gasteiger partial charge >= 0.3 is 15.2 Å². The second-order valence-electron chi connectivity index (χ2n) is 7.25. The van der Waals surface area contributed by atoms with Gasteiger partial charge in [0.1, 0.15) is 45.1 Å². The van der Waals surface area contributed by atoms with Gasteiger partial charge in [-0.2, -0.15) is 8.42 Å². The van der Waals surface area contributed by atoms with Crippen molar-refractivity contribution in [3.8, 4) is 11.5 Å². The summed E-state index contributed by atoms with van der Waals surface area (Å²) >= 11 is 13.1. The van der Waals surface area contributed by atoms with Gasteiger partial charge in [0, 0.05) is 17.7 Å². The lowest BCUT2D eigenvalue weighted by Gasteiger charge is -2.19. The summed E-state index contributed by atoms with van der Waals surface area (Å²) in [5, 5.41) is -0.249. The molecule has 0 atom stereocenters. The van der Waals surface area contributed by atoms with Crippen molar-refractivity contribution in [2.45, 2.75) is 37.8 Å². The molecule has 0 unspecified atom stereocenters. The van der Waals surface area contributed by atoms with Crippen LogP contribution in [0.5, 0.6) is 11.5 Å². The van der Waals surface area contributed by atoms with E-state index in [9.17, 15) is 17.2 Å². The molecular weight excluding hydrogens is 529 g/mol. The Morgan fingerprint density at radius 3 is 2.47 bits per heavy atom. The Hall–Kier alpha value is -2.14. The van der Waals surface area contributed by atoms with Crippen molar-refractivity contribution in [1.82, 2.24) is 0 Å². The van der Waals surface area contributed by atoms with Crippen LogP contribution in [-0.2, 0) is 23.1 Å². The summed E-state index contributed by atoms with van der Waals surface area (Å²) in [4.78, 5) is -0.752. The predicted octanol–water partition coefficient (Wildman–Crippen LogP) is 5.83. The lowest BCUT2D eigenvalue weighted by molar-refractivity contribution is -0.680. The number of halogens is 4. The molecule has 3 rings (SSSR count). The van der Waals surface area contributed by atoms with E-state index >= 15 is 0 Å². The number of methoxy groups -OCH3 is 2. The minimum atomic E-state index is -4.55. The molecule has 0 saturated heterocycles. The number of nitrogens with zero attached hydrogens (tertiary/aromatic N) is 2. The highest BCUT2D eigenvalue weighted by atomic mass is 35.5. The van der Waals surface area contributed by atoms with Crippen molar-refractivity contribution >= 4 is 49.7 Å². The third-order valence-corrected chi connectivity index (χ3v) is 8.43. The van der Waals surface area contributed by atoms with E-state index in [0.29, 0.717) is 34.0 Å². The first kappa shape index (κ1) is 26.5. The van der Waals surface area contributed by atoms with Gasteiger partial charge in [0.15, 0.2) is 0 Å². The highest BCUT2D eigenvalue weighted by Gasteiger charge is 2.39. The Labute approximate surface area is 211 Å². The van der Waals surface area contributed by atoms with E-state index in [0.717, 1.165) is 34.6 Å². The first-order valence-corrected chi connectivity index (χ1v) is 13.2. The average molecular weight is 552 g/mol. The molecule has 0 bridgehead atoms. The molecule has 1 heterocycles. The van der Waals surface area contributed by atoms with Gasteiger partial charge in [-0.3, -0.25) is 0 Å². The summed E-state index contributed by atoms with van der Waals surface area (Å²) in [5.41, 5.74) is 0.493. The quantitative estimate of drug-likeness (QED) is 0.235. The molecule has 0 spiro atoms. The van der Waals surface area contributed by atoms with Crippen LogP contribution >= 0.6 is 34.5 Å². The van der Waals surface area contributed by atoms with Crippen LogP contribution in [0.1, 0.15) is 25.3 Å². The Morgan fingerprint density at radius 2 is 1.82 bits per heavy atom. The molecule has 0 saturated carbocycles. The molecule has 12 heteroatoms. The van der Waals surface area contributed by atoms with E-state index in [4.69, 9.17) is 32.7 Å². The number of benzene rings is 2. The second kappa shape index (κ2) is 11.1. The van der Waals surface area contributed by atoms with Crippen molar-refractivity contribution in [1.29, 1.82) is 0 Å². The highest BCUT2D eigenvalue weighted by Crippen LogP contribution is 2.35. The molecule has 0 amide bonds. The number of aromatic nitrogens is 1. The fourth-order valence-electron chi connectivity index (χ4n) is 3.25. The second-order valence-corrected chi connectivity index (χ2v) is 11.1. The fourth-order valence-corrected chi connectivity index (χ4v) is 6.42. The number of unbranched alkanes of at least 4 members (excludes halogenated alkanes) is 1. The third-order valence-electron chi connectivity index (χ3n) is 5.01. The molecule has 0 aliphatic carbocycles. The van der Waals surface area contributed by atoms with E-state index in [1.165, 1.54) is 14.2 Å². The zero-order valence-corrected chi connectivity index (χ0v) is 21.8. The van der Waals surface area contributed by atoms with Gasteiger partial charge < -0.3 is 9.47 Å². The Balaban J connectivity index is 2.21. The van der Waals surface area contributed by atoms with Crippen molar-refractivity contribution in [3.05, 3.63) is 63.1 Å². The first-order chi connectivity index (χ1) is 16.1. The van der Waals surface area contributed by atoms with Gasteiger partial charge in [-0.1, -0.05) is 36.5 Å². The van der Waals surface area contributed by atoms with Crippen LogP contribution in [0.2, 0.25) is 9.36 Å². The normalized spacial score (nSPS) is 11.5. The number of hydrogen-bond acceptors (Lipinski definition) is 5. The first-order valence-electron chi connectivity index (χ1n) is 10.2. The molecule has 0 aliphatic rings. The topological polar surface area (TPSA) is 59.7 Å². The number of rotatable bonds is 10. The largest absolute Gasteiger partial charge is 0.497 e. The van der Waals surface area contributed by atoms with Gasteiger partial charge in [0.25, 0.3) is 0 Å². The van der Waals surface area contributed by atoms with Crippen LogP contribution in [0.15, 0.2) is 41.4 Å². The van der Waals surface area contributed by atoms with Gasteiger partial charge in [-0.25, -0.2) is 13.3 Å². The van der Waals surface area contributed by atoms with Gasteiger partial charge in [0.05, 0.1) is 25.8 Å². The molecule has 3 aromatic rings. The predicted molar refractivity (Wildman–Crippen MR) is 129 cm³/mol. The Kier molecular flexibility index (Phi) is 8.62. The van der Waals surface area contributed by atoms with Crippen LogP contribution < -0.4 is 18.3 Å². The fraction of sp³-hybridized carbons (Fsp3) is 0.318. The number of ether oxygens (including phenoxy) is 2. The van der Waals surface area contributed by atoms with Gasteiger partial charge in [0.2, 0.25) is 0 Å². The van der Waals surface area contributed by atoms with Crippen LogP contribution in [-0.4, -0.2) is 22.6 Å². The summed E-state index contributed by atoms with van der Waals surface area (Å²) in [6.07, 6.45) is 3.25. The summed E-state index contributed by atoms with van der Waals surface area (Å²) in [6, 6.07) is 6.14. The molecule has 184 valence electrons. The molecular formula is C22H23Cl2F2N2O4S2+. The summed E-state index contributed by atoms with van der Waals surface area (Å²) < 4.78 is 69.7. The van der Waals surface area contributed by atoms with E-state index in [-0.39, 0.29) is 11.7 Å². The van der Waals surface area contributed by atoms with Crippen LogP contribution in [0.25, 0.3) is 0 Å². The zero-order valence-electron chi connectivity index (χ0n) is 18.6. The van der Waals surface area contributed by atoms with E-state index in [2.05, 4.69) is 0 Å².